The van der Waals surface area contributed by atoms with Crippen molar-refractivity contribution in [3.05, 3.63) is 35.4 Å². The Balaban J connectivity index is 1.64. The Morgan fingerprint density at radius 2 is 2.06 bits per heavy atom. The lowest BCUT2D eigenvalue weighted by atomic mass is 9.93. The van der Waals surface area contributed by atoms with E-state index in [2.05, 4.69) is 17.4 Å². The second-order valence-corrected chi connectivity index (χ2v) is 5.20. The van der Waals surface area contributed by atoms with E-state index < -0.39 is 0 Å². The van der Waals surface area contributed by atoms with Gasteiger partial charge in [-0.05, 0) is 17.5 Å². The molecule has 0 radical (unpaired) electrons. The smallest absolute Gasteiger partial charge is 0.240 e. The normalized spacial score (nSPS) is 23.4. The van der Waals surface area contributed by atoms with Crippen LogP contribution < -0.4 is 5.32 Å². The Bertz CT molecular complexity index is 455. The van der Waals surface area contributed by atoms with Crippen LogP contribution in [-0.2, 0) is 17.8 Å². The van der Waals surface area contributed by atoms with Crippen LogP contribution in [0.15, 0.2) is 24.3 Å². The summed E-state index contributed by atoms with van der Waals surface area (Å²) in [6, 6.07) is 8.16. The monoisotopic (exact) mass is 246 g/mol. The van der Waals surface area contributed by atoms with Crippen molar-refractivity contribution < 1.29 is 9.90 Å². The molecule has 0 aromatic heterocycles. The Morgan fingerprint density at radius 3 is 2.78 bits per heavy atom. The molecule has 2 aliphatic heterocycles. The van der Waals surface area contributed by atoms with Crippen molar-refractivity contribution in [3.63, 3.8) is 0 Å². The summed E-state index contributed by atoms with van der Waals surface area (Å²) >= 11 is 0. The molecular formula is C14H18N2O2. The van der Waals surface area contributed by atoms with E-state index in [0.29, 0.717) is 13.1 Å². The standard InChI is InChI=1S/C14H18N2O2/c17-9-10-7-16(8-10)14(18)13-5-11-3-1-2-4-12(11)6-15-13/h1-4,10,13,15,17H,5-9H2. The summed E-state index contributed by atoms with van der Waals surface area (Å²) in [5, 5.41) is 12.3. The van der Waals surface area contributed by atoms with Crippen LogP contribution >= 0.6 is 0 Å². The molecule has 18 heavy (non-hydrogen) atoms. The molecule has 3 rings (SSSR count). The summed E-state index contributed by atoms with van der Waals surface area (Å²) < 4.78 is 0. The minimum absolute atomic E-state index is 0.0976. The number of nitrogens with one attached hydrogen (secondary N) is 1. The fraction of sp³-hybridized carbons (Fsp3) is 0.500. The highest BCUT2D eigenvalue weighted by molar-refractivity contribution is 5.83. The Morgan fingerprint density at radius 1 is 1.33 bits per heavy atom. The summed E-state index contributed by atoms with van der Waals surface area (Å²) in [7, 11) is 0. The largest absolute Gasteiger partial charge is 0.396 e. The molecule has 1 atom stereocenters. The maximum atomic E-state index is 12.2. The number of carbonyl (C=O) groups is 1. The van der Waals surface area contributed by atoms with Crippen molar-refractivity contribution in [2.24, 2.45) is 5.92 Å². The molecule has 0 spiro atoms. The predicted molar refractivity (Wildman–Crippen MR) is 67.9 cm³/mol. The zero-order valence-corrected chi connectivity index (χ0v) is 10.3. The zero-order chi connectivity index (χ0) is 12.5. The highest BCUT2D eigenvalue weighted by atomic mass is 16.3. The van der Waals surface area contributed by atoms with Crippen molar-refractivity contribution in [1.29, 1.82) is 0 Å². The maximum Gasteiger partial charge on any atom is 0.240 e. The number of likely N-dealkylation sites (tertiary alicyclic amines) is 1. The molecule has 0 bridgehead atoms. The number of carbonyl (C=O) groups excluding carboxylic acids is 1. The fourth-order valence-corrected chi connectivity index (χ4v) is 2.71. The summed E-state index contributed by atoms with van der Waals surface area (Å²) in [6.07, 6.45) is 0.773. The van der Waals surface area contributed by atoms with Gasteiger partial charge in [0.1, 0.15) is 0 Å². The third-order valence-electron chi connectivity index (χ3n) is 3.91. The minimum atomic E-state index is -0.0976. The number of aliphatic hydroxyl groups excluding tert-OH is 1. The van der Waals surface area contributed by atoms with E-state index in [4.69, 9.17) is 5.11 Å². The number of aliphatic hydroxyl groups is 1. The minimum Gasteiger partial charge on any atom is -0.396 e. The molecule has 1 saturated heterocycles. The molecule has 1 aromatic rings. The number of amides is 1. The number of fused-ring (bicyclic) bond motifs is 1. The van der Waals surface area contributed by atoms with Crippen LogP contribution in [0.25, 0.3) is 0 Å². The first kappa shape index (κ1) is 11.7. The Hall–Kier alpha value is -1.39. The van der Waals surface area contributed by atoms with Crippen LogP contribution in [0.1, 0.15) is 11.1 Å². The highest BCUT2D eigenvalue weighted by Gasteiger charge is 2.35. The topological polar surface area (TPSA) is 52.6 Å². The number of benzene rings is 1. The van der Waals surface area contributed by atoms with Gasteiger partial charge in [-0.3, -0.25) is 4.79 Å². The molecular weight excluding hydrogens is 228 g/mol. The van der Waals surface area contributed by atoms with Gasteiger partial charge < -0.3 is 15.3 Å². The molecule has 0 saturated carbocycles. The first-order valence-corrected chi connectivity index (χ1v) is 6.47. The van der Waals surface area contributed by atoms with Crippen LogP contribution in [-0.4, -0.2) is 41.7 Å². The number of hydrogen-bond acceptors (Lipinski definition) is 3. The van der Waals surface area contributed by atoms with Crippen molar-refractivity contribution in [3.8, 4) is 0 Å². The highest BCUT2D eigenvalue weighted by Crippen LogP contribution is 2.21. The summed E-state index contributed by atoms with van der Waals surface area (Å²) in [5.74, 6) is 0.457. The van der Waals surface area contributed by atoms with Crippen LogP contribution in [0.5, 0.6) is 0 Å². The molecule has 0 aliphatic carbocycles. The van der Waals surface area contributed by atoms with Gasteiger partial charge in [-0.15, -0.1) is 0 Å². The lowest BCUT2D eigenvalue weighted by Crippen LogP contribution is -2.58. The summed E-state index contributed by atoms with van der Waals surface area (Å²) in [4.78, 5) is 14.1. The van der Waals surface area contributed by atoms with E-state index in [9.17, 15) is 4.79 Å². The van der Waals surface area contributed by atoms with E-state index in [0.717, 1.165) is 13.0 Å². The van der Waals surface area contributed by atoms with Gasteiger partial charge in [0, 0.05) is 32.2 Å². The van der Waals surface area contributed by atoms with Crippen molar-refractivity contribution in [2.75, 3.05) is 19.7 Å². The van der Waals surface area contributed by atoms with Crippen molar-refractivity contribution >= 4 is 5.91 Å². The third-order valence-corrected chi connectivity index (χ3v) is 3.91. The Labute approximate surface area is 107 Å². The van der Waals surface area contributed by atoms with E-state index >= 15 is 0 Å². The van der Waals surface area contributed by atoms with Crippen molar-refractivity contribution in [2.45, 2.75) is 19.0 Å². The number of hydrogen-bond donors (Lipinski definition) is 2. The second kappa shape index (κ2) is 4.71. The van der Waals surface area contributed by atoms with Gasteiger partial charge in [-0.25, -0.2) is 0 Å². The molecule has 2 N–H and O–H groups in total. The summed E-state index contributed by atoms with van der Waals surface area (Å²) in [5.41, 5.74) is 2.56. The van der Waals surface area contributed by atoms with Crippen LogP contribution in [0, 0.1) is 5.92 Å². The van der Waals surface area contributed by atoms with Gasteiger partial charge in [-0.1, -0.05) is 24.3 Å². The molecule has 2 aliphatic rings. The van der Waals surface area contributed by atoms with Gasteiger partial charge in [-0.2, -0.15) is 0 Å². The first-order valence-electron chi connectivity index (χ1n) is 6.47. The molecule has 2 heterocycles. The van der Waals surface area contributed by atoms with Crippen molar-refractivity contribution in [1.82, 2.24) is 10.2 Å². The molecule has 1 aromatic carbocycles. The van der Waals surface area contributed by atoms with E-state index in [-0.39, 0.29) is 24.5 Å². The quantitative estimate of drug-likeness (QED) is 0.781. The molecule has 96 valence electrons. The average Bonchev–Trinajstić information content (AvgIpc) is 2.37. The summed E-state index contributed by atoms with van der Waals surface area (Å²) in [6.45, 7) is 2.36. The molecule has 1 fully saturated rings. The molecule has 1 unspecified atom stereocenters. The van der Waals surface area contributed by atoms with E-state index in [1.165, 1.54) is 11.1 Å². The van der Waals surface area contributed by atoms with Gasteiger partial charge in [0.15, 0.2) is 0 Å². The van der Waals surface area contributed by atoms with Gasteiger partial charge in [0.2, 0.25) is 5.91 Å². The maximum absolute atomic E-state index is 12.2. The van der Waals surface area contributed by atoms with Crippen LogP contribution in [0.3, 0.4) is 0 Å². The average molecular weight is 246 g/mol. The Kier molecular flexibility index (Phi) is 3.06. The molecule has 1 amide bonds. The van der Waals surface area contributed by atoms with Crippen LogP contribution in [0.2, 0.25) is 0 Å². The van der Waals surface area contributed by atoms with Gasteiger partial charge in [0.05, 0.1) is 6.04 Å². The first-order chi connectivity index (χ1) is 8.78. The lowest BCUT2D eigenvalue weighted by Gasteiger charge is -2.41. The number of nitrogens with zero attached hydrogens (tertiary/aromatic N) is 1. The predicted octanol–water partition coefficient (Wildman–Crippen LogP) is 0.152. The number of rotatable bonds is 2. The third kappa shape index (κ3) is 2.02. The molecule has 4 heteroatoms. The second-order valence-electron chi connectivity index (χ2n) is 5.20. The molecule has 4 nitrogen and oxygen atoms in total. The fourth-order valence-electron chi connectivity index (χ4n) is 2.71. The van der Waals surface area contributed by atoms with Crippen LogP contribution in [0.4, 0.5) is 0 Å². The lowest BCUT2D eigenvalue weighted by molar-refractivity contribution is -0.141. The van der Waals surface area contributed by atoms with E-state index in [1.54, 1.807) is 0 Å². The zero-order valence-electron chi connectivity index (χ0n) is 10.3. The van der Waals surface area contributed by atoms with E-state index in [1.807, 2.05) is 17.0 Å². The SMILES string of the molecule is O=C(C1Cc2ccccc2CN1)N1CC(CO)C1. The van der Waals surface area contributed by atoms with Gasteiger partial charge >= 0.3 is 0 Å². The van der Waals surface area contributed by atoms with Gasteiger partial charge in [0.25, 0.3) is 0 Å².